The van der Waals surface area contributed by atoms with Crippen LogP contribution in [0.15, 0.2) is 30.3 Å². The first-order chi connectivity index (χ1) is 8.88. The highest BCUT2D eigenvalue weighted by Crippen LogP contribution is 2.31. The van der Waals surface area contributed by atoms with E-state index in [4.69, 9.17) is 4.74 Å². The summed E-state index contributed by atoms with van der Waals surface area (Å²) in [5, 5.41) is 0. The van der Waals surface area contributed by atoms with E-state index in [0.29, 0.717) is 0 Å². The van der Waals surface area contributed by atoms with Crippen molar-refractivity contribution >= 4 is 11.7 Å². The third-order valence-corrected chi connectivity index (χ3v) is 2.23. The van der Waals surface area contributed by atoms with E-state index >= 15 is 0 Å². The van der Waals surface area contributed by atoms with Crippen LogP contribution in [0.2, 0.25) is 0 Å². The Balaban J connectivity index is 3.09. The van der Waals surface area contributed by atoms with Gasteiger partial charge in [-0.3, -0.25) is 0 Å². The van der Waals surface area contributed by atoms with Crippen molar-refractivity contribution in [2.24, 2.45) is 0 Å². The van der Waals surface area contributed by atoms with Crippen molar-refractivity contribution in [3.05, 3.63) is 41.5 Å². The molecule has 19 heavy (non-hydrogen) atoms. The summed E-state index contributed by atoms with van der Waals surface area (Å²) in [5.74, 6) is -0.652. The lowest BCUT2D eigenvalue weighted by molar-refractivity contribution is -0.138. The second kappa shape index (κ2) is 6.26. The summed E-state index contributed by atoms with van der Waals surface area (Å²) in [6, 6.07) is 4.52. The van der Waals surface area contributed by atoms with Gasteiger partial charge in [0.15, 0.2) is 0 Å². The number of benzene rings is 1. The van der Waals surface area contributed by atoms with Crippen LogP contribution in [0.1, 0.15) is 18.1 Å². The van der Waals surface area contributed by atoms with Crippen LogP contribution in [0.25, 0.3) is 5.76 Å². The minimum atomic E-state index is -4.45. The zero-order valence-electron chi connectivity index (χ0n) is 10.5. The molecular formula is C13H13F3O3. The number of rotatable bonds is 4. The maximum Gasteiger partial charge on any atom is 0.416 e. The van der Waals surface area contributed by atoms with Crippen LogP contribution in [0, 0.1) is 0 Å². The van der Waals surface area contributed by atoms with Crippen LogP contribution >= 0.6 is 0 Å². The Bertz CT molecular complexity index is 478. The van der Waals surface area contributed by atoms with Gasteiger partial charge in [0, 0.05) is 5.56 Å². The van der Waals surface area contributed by atoms with E-state index in [1.54, 1.807) is 6.92 Å². The molecule has 0 bridgehead atoms. The number of carbonyl (C=O) groups is 1. The first-order valence-electron chi connectivity index (χ1n) is 5.48. The Morgan fingerprint density at radius 3 is 2.58 bits per heavy atom. The van der Waals surface area contributed by atoms with Gasteiger partial charge in [-0.1, -0.05) is 12.1 Å². The third kappa shape index (κ3) is 4.31. The Morgan fingerprint density at radius 1 is 1.37 bits per heavy atom. The highest BCUT2D eigenvalue weighted by Gasteiger charge is 2.30. The number of methoxy groups -OCH3 is 1. The van der Waals surface area contributed by atoms with E-state index < -0.39 is 17.7 Å². The summed E-state index contributed by atoms with van der Waals surface area (Å²) in [6.07, 6.45) is -3.43. The molecule has 0 fully saturated rings. The van der Waals surface area contributed by atoms with Crippen LogP contribution in [-0.2, 0) is 20.4 Å². The molecule has 0 heterocycles. The van der Waals surface area contributed by atoms with Gasteiger partial charge in [-0.05, 0) is 19.1 Å². The predicted molar refractivity (Wildman–Crippen MR) is 63.1 cm³/mol. The minimum absolute atomic E-state index is 0.0181. The number of esters is 1. The quantitative estimate of drug-likeness (QED) is 0.480. The summed E-state index contributed by atoms with van der Waals surface area (Å²) >= 11 is 0. The monoisotopic (exact) mass is 274 g/mol. The Hall–Kier alpha value is -1.98. The number of hydrogen-bond donors (Lipinski definition) is 0. The van der Waals surface area contributed by atoms with Gasteiger partial charge < -0.3 is 9.47 Å². The van der Waals surface area contributed by atoms with Gasteiger partial charge in [0.2, 0.25) is 0 Å². The smallest absolute Gasteiger partial charge is 0.416 e. The number of halogens is 3. The molecule has 0 saturated heterocycles. The zero-order chi connectivity index (χ0) is 14.5. The van der Waals surface area contributed by atoms with Gasteiger partial charge in [0.25, 0.3) is 0 Å². The van der Waals surface area contributed by atoms with E-state index in [2.05, 4.69) is 4.74 Å². The normalized spacial score (nSPS) is 12.2. The highest BCUT2D eigenvalue weighted by atomic mass is 19.4. The minimum Gasteiger partial charge on any atom is -0.496 e. The molecule has 104 valence electrons. The second-order valence-corrected chi connectivity index (χ2v) is 3.54. The average molecular weight is 274 g/mol. The van der Waals surface area contributed by atoms with E-state index in [9.17, 15) is 18.0 Å². The molecule has 0 atom stereocenters. The molecular weight excluding hydrogens is 261 g/mol. The first-order valence-corrected chi connectivity index (χ1v) is 5.48. The van der Waals surface area contributed by atoms with Gasteiger partial charge in [0.05, 0.1) is 25.4 Å². The van der Waals surface area contributed by atoms with Crippen LogP contribution in [0.5, 0.6) is 0 Å². The van der Waals surface area contributed by atoms with Crippen molar-refractivity contribution in [1.82, 2.24) is 0 Å². The highest BCUT2D eigenvalue weighted by molar-refractivity contribution is 5.89. The van der Waals surface area contributed by atoms with Crippen LogP contribution in [0.4, 0.5) is 13.2 Å². The Morgan fingerprint density at radius 2 is 2.05 bits per heavy atom. The van der Waals surface area contributed by atoms with E-state index in [-0.39, 0.29) is 17.9 Å². The van der Waals surface area contributed by atoms with Crippen LogP contribution in [0.3, 0.4) is 0 Å². The lowest BCUT2D eigenvalue weighted by Crippen LogP contribution is -2.06. The molecule has 0 radical (unpaired) electrons. The number of ether oxygens (including phenoxy) is 2. The maximum absolute atomic E-state index is 12.6. The number of hydrogen-bond acceptors (Lipinski definition) is 3. The summed E-state index contributed by atoms with van der Waals surface area (Å²) in [7, 11) is 1.27. The fourth-order valence-electron chi connectivity index (χ4n) is 1.40. The predicted octanol–water partition coefficient (Wildman–Crippen LogP) is 3.26. The molecule has 0 spiro atoms. The van der Waals surface area contributed by atoms with Gasteiger partial charge in [-0.15, -0.1) is 0 Å². The van der Waals surface area contributed by atoms with Crippen molar-refractivity contribution in [3.8, 4) is 0 Å². The number of alkyl halides is 3. The summed E-state index contributed by atoms with van der Waals surface area (Å²) in [5.41, 5.74) is -0.651. The molecule has 0 saturated carbocycles. The molecule has 0 aliphatic heterocycles. The summed E-state index contributed by atoms with van der Waals surface area (Å²) in [6.45, 7) is 1.80. The Labute approximate surface area is 108 Å². The molecule has 3 nitrogen and oxygen atoms in total. The molecule has 0 amide bonds. The molecule has 1 aromatic carbocycles. The van der Waals surface area contributed by atoms with Gasteiger partial charge in [0.1, 0.15) is 5.76 Å². The molecule has 0 N–H and O–H groups in total. The molecule has 6 heteroatoms. The van der Waals surface area contributed by atoms with Crippen LogP contribution in [-0.4, -0.2) is 19.7 Å². The second-order valence-electron chi connectivity index (χ2n) is 3.54. The van der Waals surface area contributed by atoms with Gasteiger partial charge >= 0.3 is 12.1 Å². The largest absolute Gasteiger partial charge is 0.496 e. The Kier molecular flexibility index (Phi) is 4.97. The third-order valence-electron chi connectivity index (χ3n) is 2.23. The fraction of sp³-hybridized carbons (Fsp3) is 0.308. The van der Waals surface area contributed by atoms with Crippen molar-refractivity contribution in [1.29, 1.82) is 0 Å². The molecule has 0 aliphatic carbocycles. The summed E-state index contributed by atoms with van der Waals surface area (Å²) < 4.78 is 47.3. The van der Waals surface area contributed by atoms with Gasteiger partial charge in [-0.25, -0.2) is 4.79 Å². The molecule has 1 rings (SSSR count). The maximum atomic E-state index is 12.6. The van der Waals surface area contributed by atoms with E-state index in [1.807, 2.05) is 0 Å². The van der Waals surface area contributed by atoms with E-state index in [1.165, 1.54) is 19.2 Å². The molecule has 1 aromatic rings. The van der Waals surface area contributed by atoms with Crippen molar-refractivity contribution in [3.63, 3.8) is 0 Å². The van der Waals surface area contributed by atoms with Crippen molar-refractivity contribution in [2.75, 3.05) is 13.7 Å². The molecule has 0 aromatic heterocycles. The first kappa shape index (κ1) is 15.1. The average Bonchev–Trinajstić information content (AvgIpc) is 2.35. The van der Waals surface area contributed by atoms with Crippen LogP contribution < -0.4 is 0 Å². The fourth-order valence-corrected chi connectivity index (χ4v) is 1.40. The topological polar surface area (TPSA) is 35.5 Å². The summed E-state index contributed by atoms with van der Waals surface area (Å²) in [4.78, 5) is 11.3. The molecule has 0 unspecified atom stereocenters. The zero-order valence-corrected chi connectivity index (χ0v) is 10.5. The molecule has 0 aliphatic rings. The lowest BCUT2D eigenvalue weighted by atomic mass is 10.1. The lowest BCUT2D eigenvalue weighted by Gasteiger charge is -2.10. The standard InChI is InChI=1S/C13H13F3O3/c1-3-19-12(17)8-11(18-2)9-5-4-6-10(7-9)13(14,15)16/h4-8H,3H2,1-2H3. The van der Waals surface area contributed by atoms with Gasteiger partial charge in [-0.2, -0.15) is 13.2 Å². The van der Waals surface area contributed by atoms with Crippen molar-refractivity contribution < 1.29 is 27.4 Å². The van der Waals surface area contributed by atoms with Crippen molar-refractivity contribution in [2.45, 2.75) is 13.1 Å². The number of carbonyl (C=O) groups excluding carboxylic acids is 1. The SMILES string of the molecule is CCOC(=O)C=C(OC)c1cccc(C(F)(F)F)c1. The van der Waals surface area contributed by atoms with E-state index in [0.717, 1.165) is 18.2 Å².